The Morgan fingerprint density at radius 2 is 1.64 bits per heavy atom. The number of amides is 1. The summed E-state index contributed by atoms with van der Waals surface area (Å²) in [5.41, 5.74) is 10.2. The predicted octanol–water partition coefficient (Wildman–Crippen LogP) is 0.793. The molecule has 0 saturated heterocycles. The summed E-state index contributed by atoms with van der Waals surface area (Å²) in [6.45, 7) is 0. The van der Waals surface area contributed by atoms with Crippen LogP contribution in [0.25, 0.3) is 0 Å². The molecule has 0 heterocycles. The summed E-state index contributed by atoms with van der Waals surface area (Å²) >= 11 is 0. The molecule has 0 fully saturated rings. The molecule has 0 bridgehead atoms. The Balaban J connectivity index is 0. The van der Waals surface area contributed by atoms with Crippen LogP contribution < -0.4 is 11.5 Å². The third-order valence-electron chi connectivity index (χ3n) is 0.800. The van der Waals surface area contributed by atoms with Crippen molar-refractivity contribution in [2.24, 2.45) is 5.73 Å². The Hall–Kier alpha value is -2.33. The average Bonchev–Trinajstić information content (AvgIpc) is 2.05. The highest BCUT2D eigenvalue weighted by Gasteiger charge is 1.72. The average molecular weight is 197 g/mol. The number of para-hydroxylation sites is 1. The summed E-state index contributed by atoms with van der Waals surface area (Å²) in [7, 11) is 0. The molecule has 76 valence electrons. The standard InChI is InChI=1S/C6H7N.CH3NO2.CHNO/c7-6-4-2-1-3-5-6;2-1(3)4;2-1-3/h1-5H,7H2;2H2,(H,3,4);2H. The van der Waals surface area contributed by atoms with Crippen LogP contribution in [-0.4, -0.2) is 17.3 Å². The van der Waals surface area contributed by atoms with Gasteiger partial charge in [-0.2, -0.15) is 0 Å². The van der Waals surface area contributed by atoms with Gasteiger partial charge in [0.05, 0.1) is 0 Å². The summed E-state index contributed by atoms with van der Waals surface area (Å²) in [6, 6.07) is 9.49. The first-order valence-corrected chi connectivity index (χ1v) is 3.37. The van der Waals surface area contributed by atoms with Gasteiger partial charge in [-0.1, -0.05) is 18.2 Å². The van der Waals surface area contributed by atoms with Crippen molar-refractivity contribution in [2.45, 2.75) is 0 Å². The van der Waals surface area contributed by atoms with Crippen LogP contribution in [0, 0.1) is 5.41 Å². The van der Waals surface area contributed by atoms with Gasteiger partial charge in [0.2, 0.25) is 6.08 Å². The van der Waals surface area contributed by atoms with Crippen molar-refractivity contribution in [2.75, 3.05) is 5.73 Å². The number of rotatable bonds is 0. The molecule has 1 aromatic carbocycles. The zero-order valence-corrected chi connectivity index (χ0v) is 7.31. The van der Waals surface area contributed by atoms with Gasteiger partial charge in [-0.15, -0.1) is 0 Å². The Morgan fingerprint density at radius 1 is 1.36 bits per heavy atom. The zero-order valence-electron chi connectivity index (χ0n) is 7.31. The smallest absolute Gasteiger partial charge is 0.402 e. The fourth-order valence-corrected chi connectivity index (χ4v) is 0.453. The second-order valence-electron chi connectivity index (χ2n) is 1.85. The van der Waals surface area contributed by atoms with Crippen molar-refractivity contribution in [3.05, 3.63) is 30.3 Å². The van der Waals surface area contributed by atoms with Crippen LogP contribution in [0.1, 0.15) is 0 Å². The molecular formula is C8H11N3O3. The van der Waals surface area contributed by atoms with E-state index in [1.54, 1.807) is 0 Å². The van der Waals surface area contributed by atoms with E-state index in [1.807, 2.05) is 30.3 Å². The van der Waals surface area contributed by atoms with Crippen molar-refractivity contribution < 1.29 is 14.7 Å². The summed E-state index contributed by atoms with van der Waals surface area (Å²) in [5, 5.41) is 12.6. The molecule has 0 spiro atoms. The van der Waals surface area contributed by atoms with Gasteiger partial charge < -0.3 is 16.6 Å². The number of hydrogen-bond donors (Lipinski definition) is 4. The van der Waals surface area contributed by atoms with E-state index < -0.39 is 6.09 Å². The van der Waals surface area contributed by atoms with Gasteiger partial charge in [-0.3, -0.25) is 0 Å². The van der Waals surface area contributed by atoms with Gasteiger partial charge in [-0.25, -0.2) is 15.0 Å². The van der Waals surface area contributed by atoms with E-state index in [4.69, 9.17) is 25.8 Å². The third-order valence-corrected chi connectivity index (χ3v) is 0.800. The van der Waals surface area contributed by atoms with Gasteiger partial charge >= 0.3 is 6.09 Å². The maximum Gasteiger partial charge on any atom is 0.402 e. The van der Waals surface area contributed by atoms with Crippen LogP contribution in [0.15, 0.2) is 30.3 Å². The maximum atomic E-state index is 8.78. The number of carboxylic acid groups (broad SMARTS) is 1. The number of primary amides is 1. The summed E-state index contributed by atoms with van der Waals surface area (Å²) in [6.07, 6.45) is -0.583. The van der Waals surface area contributed by atoms with E-state index in [9.17, 15) is 0 Å². The topological polar surface area (TPSA) is 130 Å². The Bertz CT molecular complexity index is 277. The molecule has 0 saturated carbocycles. The van der Waals surface area contributed by atoms with Crippen LogP contribution >= 0.6 is 0 Å². The number of hydrogen-bond acceptors (Lipinski definition) is 4. The number of nitrogen functional groups attached to an aromatic ring is 1. The number of nitrogens with two attached hydrogens (primary N) is 2. The molecule has 14 heavy (non-hydrogen) atoms. The lowest BCUT2D eigenvalue weighted by atomic mass is 10.3. The third kappa shape index (κ3) is 22.6. The zero-order chi connectivity index (χ0) is 11.4. The molecule has 0 atom stereocenters. The van der Waals surface area contributed by atoms with E-state index in [-0.39, 0.29) is 0 Å². The Labute approximate surface area is 80.7 Å². The van der Waals surface area contributed by atoms with Crippen LogP contribution in [-0.2, 0) is 4.79 Å². The molecule has 0 aliphatic rings. The molecule has 0 radical (unpaired) electrons. The van der Waals surface area contributed by atoms with Crippen LogP contribution in [0.3, 0.4) is 0 Å². The first kappa shape index (κ1) is 14.2. The highest BCUT2D eigenvalue weighted by atomic mass is 16.4. The van der Waals surface area contributed by atoms with Crippen molar-refractivity contribution in [1.29, 1.82) is 5.41 Å². The maximum absolute atomic E-state index is 8.78. The van der Waals surface area contributed by atoms with Gasteiger partial charge in [-0.05, 0) is 12.1 Å². The quantitative estimate of drug-likeness (QED) is 0.278. The molecule has 6 N–H and O–H groups in total. The molecule has 1 aromatic rings. The Morgan fingerprint density at radius 3 is 1.79 bits per heavy atom. The van der Waals surface area contributed by atoms with Crippen LogP contribution in [0.4, 0.5) is 10.5 Å². The van der Waals surface area contributed by atoms with Crippen molar-refractivity contribution >= 4 is 17.9 Å². The normalized spacial score (nSPS) is 6.57. The number of nitrogens with one attached hydrogen (secondary N) is 1. The van der Waals surface area contributed by atoms with E-state index in [0.29, 0.717) is 0 Å². The van der Waals surface area contributed by atoms with E-state index in [2.05, 4.69) is 5.73 Å². The van der Waals surface area contributed by atoms with Crippen LogP contribution in [0.2, 0.25) is 0 Å². The molecule has 0 aliphatic heterocycles. The van der Waals surface area contributed by atoms with Gasteiger partial charge in [0.15, 0.2) is 0 Å². The van der Waals surface area contributed by atoms with Crippen LogP contribution in [0.5, 0.6) is 0 Å². The summed E-state index contributed by atoms with van der Waals surface area (Å²) in [5.74, 6) is 0. The van der Waals surface area contributed by atoms with E-state index in [0.717, 1.165) is 11.8 Å². The second-order valence-corrected chi connectivity index (χ2v) is 1.85. The predicted molar refractivity (Wildman–Crippen MR) is 51.5 cm³/mol. The minimum atomic E-state index is -1.33. The van der Waals surface area contributed by atoms with Gasteiger partial charge in [0, 0.05) is 5.69 Å². The van der Waals surface area contributed by atoms with E-state index in [1.165, 1.54) is 0 Å². The number of carbonyl (C=O) groups is 1. The lowest BCUT2D eigenvalue weighted by Crippen LogP contribution is -2.03. The van der Waals surface area contributed by atoms with Gasteiger partial charge in [0.25, 0.3) is 0 Å². The number of isocyanates is 1. The number of benzene rings is 1. The first-order valence-electron chi connectivity index (χ1n) is 3.37. The molecule has 0 unspecified atom stereocenters. The lowest BCUT2D eigenvalue weighted by molar-refractivity contribution is 0.205. The lowest BCUT2D eigenvalue weighted by Gasteiger charge is -1.83. The second kappa shape index (κ2) is 10.7. The SMILES string of the molecule is N=C=O.NC(=O)O.Nc1ccccc1. The number of carbonyl (C=O) groups excluding carboxylic acids is 1. The molecule has 6 nitrogen and oxygen atoms in total. The molecule has 0 aromatic heterocycles. The first-order chi connectivity index (χ1) is 6.54. The molecule has 0 aliphatic carbocycles. The highest BCUT2D eigenvalue weighted by molar-refractivity contribution is 5.61. The minimum absolute atomic E-state index is 0.750. The summed E-state index contributed by atoms with van der Waals surface area (Å²) < 4.78 is 0. The van der Waals surface area contributed by atoms with Crippen molar-refractivity contribution in [1.82, 2.24) is 0 Å². The monoisotopic (exact) mass is 197 g/mol. The van der Waals surface area contributed by atoms with Crippen molar-refractivity contribution in [3.63, 3.8) is 0 Å². The highest BCUT2D eigenvalue weighted by Crippen LogP contribution is 1.95. The van der Waals surface area contributed by atoms with Gasteiger partial charge in [0.1, 0.15) is 0 Å². The largest absolute Gasteiger partial charge is 0.465 e. The fourth-order valence-electron chi connectivity index (χ4n) is 0.453. The molecular weight excluding hydrogens is 186 g/mol. The molecule has 6 heteroatoms. The fraction of sp³-hybridized carbons (Fsp3) is 0. The number of anilines is 1. The molecule has 1 rings (SSSR count). The van der Waals surface area contributed by atoms with E-state index >= 15 is 0 Å². The summed E-state index contributed by atoms with van der Waals surface area (Å²) in [4.78, 5) is 17.1. The van der Waals surface area contributed by atoms with Crippen molar-refractivity contribution in [3.8, 4) is 0 Å². The Kier molecular flexibility index (Phi) is 10.8. The minimum Gasteiger partial charge on any atom is -0.465 e. The molecule has 1 amide bonds.